The van der Waals surface area contributed by atoms with Crippen molar-refractivity contribution in [2.75, 3.05) is 17.2 Å². The van der Waals surface area contributed by atoms with E-state index in [2.05, 4.69) is 35.6 Å². The number of anilines is 2. The van der Waals surface area contributed by atoms with Gasteiger partial charge in [-0.05, 0) is 49.7 Å². The van der Waals surface area contributed by atoms with Gasteiger partial charge in [0.1, 0.15) is 30.8 Å². The van der Waals surface area contributed by atoms with E-state index in [1.807, 2.05) is 6.07 Å². The van der Waals surface area contributed by atoms with Crippen LogP contribution in [0.4, 0.5) is 15.8 Å². The Balaban J connectivity index is 1.20. The van der Waals surface area contributed by atoms with E-state index >= 15 is 0 Å². The lowest BCUT2D eigenvalue weighted by Crippen LogP contribution is -2.33. The molecular formula is C25H25FN8O3. The van der Waals surface area contributed by atoms with Crippen LogP contribution in [-0.2, 0) is 22.7 Å². The summed E-state index contributed by atoms with van der Waals surface area (Å²) in [7, 11) is 0. The van der Waals surface area contributed by atoms with Gasteiger partial charge in [-0.25, -0.2) is 19.0 Å². The number of hydrogen-bond donors (Lipinski definition) is 3. The van der Waals surface area contributed by atoms with Gasteiger partial charge in [0.25, 0.3) is 5.56 Å². The number of nitrogens with one attached hydrogen (secondary N) is 3. The number of carbonyl (C=O) groups is 2. The van der Waals surface area contributed by atoms with Gasteiger partial charge in [0.2, 0.25) is 11.8 Å². The summed E-state index contributed by atoms with van der Waals surface area (Å²) in [5.74, 6) is -0.775. The van der Waals surface area contributed by atoms with Crippen molar-refractivity contribution in [1.29, 1.82) is 0 Å². The molecule has 1 atom stereocenters. The van der Waals surface area contributed by atoms with Crippen molar-refractivity contribution in [3.63, 3.8) is 0 Å². The molecule has 0 bridgehead atoms. The Morgan fingerprint density at radius 1 is 1.14 bits per heavy atom. The minimum atomic E-state index is -0.621. The summed E-state index contributed by atoms with van der Waals surface area (Å²) in [6.07, 6.45) is 4.66. The first-order valence-electron chi connectivity index (χ1n) is 11.9. The molecule has 0 spiro atoms. The van der Waals surface area contributed by atoms with Gasteiger partial charge in [0, 0.05) is 18.2 Å². The number of benzene rings is 2. The van der Waals surface area contributed by atoms with Crippen LogP contribution in [0.15, 0.2) is 59.9 Å². The molecule has 3 heterocycles. The molecule has 4 aromatic rings. The van der Waals surface area contributed by atoms with Crippen molar-refractivity contribution in [2.24, 2.45) is 0 Å². The van der Waals surface area contributed by atoms with Gasteiger partial charge < -0.3 is 15.6 Å². The molecule has 37 heavy (non-hydrogen) atoms. The van der Waals surface area contributed by atoms with E-state index in [-0.39, 0.29) is 36.2 Å². The van der Waals surface area contributed by atoms with Gasteiger partial charge in [-0.1, -0.05) is 12.1 Å². The van der Waals surface area contributed by atoms with Crippen molar-refractivity contribution in [2.45, 2.75) is 38.4 Å². The molecule has 1 aliphatic heterocycles. The number of amides is 2. The van der Waals surface area contributed by atoms with Crippen LogP contribution >= 0.6 is 0 Å². The van der Waals surface area contributed by atoms with Gasteiger partial charge in [0.05, 0.1) is 23.1 Å². The van der Waals surface area contributed by atoms with E-state index < -0.39 is 11.7 Å². The molecule has 1 unspecified atom stereocenters. The van der Waals surface area contributed by atoms with Gasteiger partial charge in [0.15, 0.2) is 0 Å². The number of halogens is 1. The molecule has 2 aromatic carbocycles. The summed E-state index contributed by atoms with van der Waals surface area (Å²) in [4.78, 5) is 50.7. The number of rotatable bonds is 8. The Hall–Kier alpha value is -4.45. The van der Waals surface area contributed by atoms with Crippen molar-refractivity contribution in [3.05, 3.63) is 77.1 Å². The maximum Gasteiger partial charge on any atom is 0.258 e. The molecule has 1 aliphatic rings. The number of hydrogen-bond acceptors (Lipinski definition) is 7. The quantitative estimate of drug-likeness (QED) is 0.335. The smallest absolute Gasteiger partial charge is 0.258 e. The zero-order chi connectivity index (χ0) is 25.8. The molecule has 1 saturated heterocycles. The standard InChI is InChI=1S/C25H25FN8O3/c26-19-8-7-16(10-21(19)31-24(36)13-34-15-27-14-28-34)29-23(35)11-17-4-3-9-33(17)12-22-30-20-6-2-1-5-18(20)25(37)32-22/h1-2,5-8,10,14-15,17H,3-4,9,11-13H2,(H,29,35)(H,31,36)(H,30,32,37). The number of aromatic nitrogens is 5. The van der Waals surface area contributed by atoms with E-state index in [1.54, 1.807) is 18.2 Å². The zero-order valence-corrected chi connectivity index (χ0v) is 19.9. The molecule has 1 fully saturated rings. The largest absolute Gasteiger partial charge is 0.326 e. The molecule has 5 rings (SSSR count). The van der Waals surface area contributed by atoms with Crippen LogP contribution in [-0.4, -0.2) is 54.0 Å². The Morgan fingerprint density at radius 3 is 2.84 bits per heavy atom. The molecule has 0 saturated carbocycles. The number of para-hydroxylation sites is 1. The lowest BCUT2D eigenvalue weighted by molar-refractivity contribution is -0.117. The van der Waals surface area contributed by atoms with Crippen molar-refractivity contribution in [3.8, 4) is 0 Å². The molecule has 0 radical (unpaired) electrons. The van der Waals surface area contributed by atoms with Gasteiger partial charge >= 0.3 is 0 Å². The fraction of sp³-hybridized carbons (Fsp3) is 0.280. The van der Waals surface area contributed by atoms with Crippen LogP contribution in [0.2, 0.25) is 0 Å². The minimum absolute atomic E-state index is 0.0286. The molecule has 12 heteroatoms. The second-order valence-corrected chi connectivity index (χ2v) is 8.88. The number of aromatic amines is 1. The highest BCUT2D eigenvalue weighted by molar-refractivity contribution is 5.94. The Labute approximate surface area is 210 Å². The third-order valence-corrected chi connectivity index (χ3v) is 6.23. The van der Waals surface area contributed by atoms with Crippen molar-refractivity contribution >= 4 is 34.1 Å². The fourth-order valence-corrected chi connectivity index (χ4v) is 4.51. The van der Waals surface area contributed by atoms with Crippen LogP contribution in [0.3, 0.4) is 0 Å². The lowest BCUT2D eigenvalue weighted by Gasteiger charge is -2.23. The molecular weight excluding hydrogens is 479 g/mol. The van der Waals surface area contributed by atoms with Gasteiger partial charge in [-0.3, -0.25) is 19.3 Å². The van der Waals surface area contributed by atoms with Crippen molar-refractivity contribution in [1.82, 2.24) is 29.6 Å². The monoisotopic (exact) mass is 504 g/mol. The Morgan fingerprint density at radius 2 is 2.00 bits per heavy atom. The highest BCUT2D eigenvalue weighted by Crippen LogP contribution is 2.24. The summed E-state index contributed by atoms with van der Waals surface area (Å²) in [6, 6.07) is 11.1. The molecule has 2 amide bonds. The number of fused-ring (bicyclic) bond motifs is 1. The molecule has 2 aromatic heterocycles. The normalized spacial score (nSPS) is 15.6. The van der Waals surface area contributed by atoms with Crippen LogP contribution in [0.25, 0.3) is 10.9 Å². The number of H-pyrrole nitrogens is 1. The van der Waals surface area contributed by atoms with Crippen LogP contribution in [0.5, 0.6) is 0 Å². The molecule has 3 N–H and O–H groups in total. The summed E-state index contributed by atoms with van der Waals surface area (Å²) in [5, 5.41) is 9.66. The van der Waals surface area contributed by atoms with E-state index in [0.717, 1.165) is 19.4 Å². The van der Waals surface area contributed by atoms with Crippen LogP contribution < -0.4 is 16.2 Å². The molecule has 190 valence electrons. The Bertz CT molecular complexity index is 1490. The first kappa shape index (κ1) is 24.3. The van der Waals surface area contributed by atoms with Gasteiger partial charge in [-0.15, -0.1) is 0 Å². The summed E-state index contributed by atoms with van der Waals surface area (Å²) < 4.78 is 15.6. The summed E-state index contributed by atoms with van der Waals surface area (Å²) in [6.45, 7) is 1.09. The first-order valence-corrected chi connectivity index (χ1v) is 11.9. The van der Waals surface area contributed by atoms with E-state index in [9.17, 15) is 18.8 Å². The van der Waals surface area contributed by atoms with E-state index in [0.29, 0.717) is 29.0 Å². The second kappa shape index (κ2) is 10.7. The second-order valence-electron chi connectivity index (χ2n) is 8.88. The van der Waals surface area contributed by atoms with Crippen LogP contribution in [0.1, 0.15) is 25.1 Å². The molecule has 11 nitrogen and oxygen atoms in total. The average Bonchev–Trinajstić information content (AvgIpc) is 3.53. The first-order chi connectivity index (χ1) is 17.9. The number of carbonyl (C=O) groups excluding carboxylic acids is 2. The lowest BCUT2D eigenvalue weighted by atomic mass is 10.1. The Kier molecular flexibility index (Phi) is 6.99. The minimum Gasteiger partial charge on any atom is -0.326 e. The summed E-state index contributed by atoms with van der Waals surface area (Å²) in [5.41, 5.74) is 0.772. The van der Waals surface area contributed by atoms with Crippen molar-refractivity contribution < 1.29 is 14.0 Å². The highest BCUT2D eigenvalue weighted by atomic mass is 19.1. The predicted octanol–water partition coefficient (Wildman–Crippen LogP) is 2.29. The third kappa shape index (κ3) is 5.86. The average molecular weight is 505 g/mol. The predicted molar refractivity (Wildman–Crippen MR) is 134 cm³/mol. The van der Waals surface area contributed by atoms with E-state index in [4.69, 9.17) is 0 Å². The highest BCUT2D eigenvalue weighted by Gasteiger charge is 2.27. The SMILES string of the molecule is O=C(CC1CCCN1Cc1nc2ccccc2c(=O)[nH]1)Nc1ccc(F)c(NC(=O)Cn2cncn2)c1. The molecule has 0 aliphatic carbocycles. The number of nitrogens with zero attached hydrogens (tertiary/aromatic N) is 5. The maximum absolute atomic E-state index is 14.3. The third-order valence-electron chi connectivity index (χ3n) is 6.23. The van der Waals surface area contributed by atoms with Gasteiger partial charge in [-0.2, -0.15) is 5.10 Å². The number of likely N-dealkylation sites (tertiary alicyclic amines) is 1. The zero-order valence-electron chi connectivity index (χ0n) is 19.9. The summed E-state index contributed by atoms with van der Waals surface area (Å²) >= 11 is 0. The topological polar surface area (TPSA) is 138 Å². The van der Waals surface area contributed by atoms with E-state index in [1.165, 1.54) is 35.5 Å². The van der Waals surface area contributed by atoms with Crippen LogP contribution in [0, 0.1) is 5.82 Å². The fourth-order valence-electron chi connectivity index (χ4n) is 4.51. The maximum atomic E-state index is 14.3.